The van der Waals surface area contributed by atoms with Crippen LogP contribution in [-0.4, -0.2) is 34.8 Å². The Morgan fingerprint density at radius 1 is 1.16 bits per heavy atom. The lowest BCUT2D eigenvalue weighted by Crippen LogP contribution is -2.12. The van der Waals surface area contributed by atoms with E-state index in [4.69, 9.17) is 4.74 Å². The van der Waals surface area contributed by atoms with E-state index in [2.05, 4.69) is 29.5 Å². The number of aromatic nitrogens is 3. The Bertz CT molecular complexity index is 314. The van der Waals surface area contributed by atoms with Gasteiger partial charge in [-0.25, -0.2) is 4.68 Å². The van der Waals surface area contributed by atoms with Gasteiger partial charge in [0.2, 0.25) is 0 Å². The first kappa shape index (κ1) is 16.1. The maximum Gasteiger partial charge on any atom is 0.0964 e. The highest BCUT2D eigenvalue weighted by atomic mass is 16.5. The summed E-state index contributed by atoms with van der Waals surface area (Å²) in [5.41, 5.74) is 0.987. The van der Waals surface area contributed by atoms with Crippen LogP contribution < -0.4 is 5.32 Å². The topological polar surface area (TPSA) is 52.0 Å². The lowest BCUT2D eigenvalue weighted by Gasteiger charge is -2.03. The van der Waals surface area contributed by atoms with Gasteiger partial charge in [-0.2, -0.15) is 0 Å². The highest BCUT2D eigenvalue weighted by Crippen LogP contribution is 2.02. The summed E-state index contributed by atoms with van der Waals surface area (Å²) >= 11 is 0. The standard InChI is InChI=1S/C14H28N4O/c1-3-5-6-7-8-10-19-11-9-18-13-14(16-17-18)12-15-4-2/h13,15H,3-12H2,1-2H3. The molecular weight excluding hydrogens is 240 g/mol. The first-order chi connectivity index (χ1) is 9.36. The van der Waals surface area contributed by atoms with E-state index in [0.717, 1.165) is 38.5 Å². The minimum atomic E-state index is 0.720. The number of unbranched alkanes of at least 4 members (excludes halogenated alkanes) is 4. The quantitative estimate of drug-likeness (QED) is 0.591. The van der Waals surface area contributed by atoms with Crippen molar-refractivity contribution in [2.45, 2.75) is 59.0 Å². The maximum absolute atomic E-state index is 5.60. The number of ether oxygens (including phenoxy) is 1. The molecule has 0 aliphatic rings. The van der Waals surface area contributed by atoms with E-state index in [1.165, 1.54) is 32.1 Å². The van der Waals surface area contributed by atoms with Crippen molar-refractivity contribution in [2.75, 3.05) is 19.8 Å². The second kappa shape index (κ2) is 10.9. The van der Waals surface area contributed by atoms with Crippen molar-refractivity contribution in [1.82, 2.24) is 20.3 Å². The molecule has 5 nitrogen and oxygen atoms in total. The van der Waals surface area contributed by atoms with Gasteiger partial charge in [0.05, 0.1) is 18.8 Å². The van der Waals surface area contributed by atoms with Gasteiger partial charge in [0, 0.05) is 19.3 Å². The first-order valence-corrected chi connectivity index (χ1v) is 7.54. The van der Waals surface area contributed by atoms with Gasteiger partial charge >= 0.3 is 0 Å². The zero-order chi connectivity index (χ0) is 13.8. The molecule has 0 fully saturated rings. The summed E-state index contributed by atoms with van der Waals surface area (Å²) in [6, 6.07) is 0. The molecule has 1 heterocycles. The molecule has 19 heavy (non-hydrogen) atoms. The van der Waals surface area contributed by atoms with Crippen LogP contribution in [0.1, 0.15) is 51.6 Å². The first-order valence-electron chi connectivity index (χ1n) is 7.54. The fraction of sp³-hybridized carbons (Fsp3) is 0.857. The fourth-order valence-corrected chi connectivity index (χ4v) is 1.85. The molecule has 0 aromatic carbocycles. The van der Waals surface area contributed by atoms with E-state index in [-0.39, 0.29) is 0 Å². The molecule has 0 saturated heterocycles. The van der Waals surface area contributed by atoms with Crippen molar-refractivity contribution in [2.24, 2.45) is 0 Å². The van der Waals surface area contributed by atoms with Gasteiger partial charge in [-0.3, -0.25) is 0 Å². The minimum absolute atomic E-state index is 0.720. The number of hydrogen-bond acceptors (Lipinski definition) is 4. The van der Waals surface area contributed by atoms with Gasteiger partial charge in [0.25, 0.3) is 0 Å². The third kappa shape index (κ3) is 7.95. The lowest BCUT2D eigenvalue weighted by molar-refractivity contribution is 0.119. The molecular formula is C14H28N4O. The van der Waals surface area contributed by atoms with E-state index in [0.29, 0.717) is 0 Å². The van der Waals surface area contributed by atoms with E-state index < -0.39 is 0 Å². The van der Waals surface area contributed by atoms with Gasteiger partial charge in [0.1, 0.15) is 0 Å². The molecule has 5 heteroatoms. The summed E-state index contributed by atoms with van der Waals surface area (Å²) in [4.78, 5) is 0. The predicted octanol–water partition coefficient (Wildman–Crippen LogP) is 2.37. The molecule has 1 aromatic heterocycles. The Hall–Kier alpha value is -0.940. The molecule has 1 rings (SSSR count). The molecule has 0 amide bonds. The van der Waals surface area contributed by atoms with Crippen LogP contribution in [0.5, 0.6) is 0 Å². The predicted molar refractivity (Wildman–Crippen MR) is 77.0 cm³/mol. The Kier molecular flexibility index (Phi) is 9.27. The third-order valence-electron chi connectivity index (χ3n) is 3.00. The van der Waals surface area contributed by atoms with E-state index in [1.54, 1.807) is 0 Å². The van der Waals surface area contributed by atoms with Gasteiger partial charge in [-0.15, -0.1) is 5.10 Å². The van der Waals surface area contributed by atoms with Crippen LogP contribution in [0.4, 0.5) is 0 Å². The van der Waals surface area contributed by atoms with Gasteiger partial charge in [0.15, 0.2) is 0 Å². The Morgan fingerprint density at radius 2 is 2.00 bits per heavy atom. The van der Waals surface area contributed by atoms with Gasteiger partial charge < -0.3 is 10.1 Å². The van der Waals surface area contributed by atoms with Gasteiger partial charge in [-0.05, 0) is 13.0 Å². The van der Waals surface area contributed by atoms with Crippen LogP contribution in [0, 0.1) is 0 Å². The molecule has 0 radical (unpaired) electrons. The van der Waals surface area contributed by atoms with Crippen LogP contribution in [0.15, 0.2) is 6.20 Å². The minimum Gasteiger partial charge on any atom is -0.380 e. The number of nitrogens with zero attached hydrogens (tertiary/aromatic N) is 3. The van der Waals surface area contributed by atoms with Crippen molar-refractivity contribution < 1.29 is 4.74 Å². The molecule has 1 aromatic rings. The Labute approximate surface area is 116 Å². The molecule has 110 valence electrons. The molecule has 1 N–H and O–H groups in total. The number of hydrogen-bond donors (Lipinski definition) is 1. The molecule has 0 saturated carbocycles. The van der Waals surface area contributed by atoms with Crippen LogP contribution >= 0.6 is 0 Å². The largest absolute Gasteiger partial charge is 0.380 e. The highest BCUT2D eigenvalue weighted by molar-refractivity contribution is 4.91. The fourth-order valence-electron chi connectivity index (χ4n) is 1.85. The summed E-state index contributed by atoms with van der Waals surface area (Å²) in [7, 11) is 0. The molecule has 0 atom stereocenters. The van der Waals surface area contributed by atoms with Crippen molar-refractivity contribution in [3.63, 3.8) is 0 Å². The SMILES string of the molecule is CCCCCCCOCCn1cc(CNCC)nn1. The monoisotopic (exact) mass is 268 g/mol. The van der Waals surface area contributed by atoms with Gasteiger partial charge in [-0.1, -0.05) is 44.7 Å². The zero-order valence-corrected chi connectivity index (χ0v) is 12.4. The van der Waals surface area contributed by atoms with E-state index >= 15 is 0 Å². The third-order valence-corrected chi connectivity index (χ3v) is 3.00. The summed E-state index contributed by atoms with van der Waals surface area (Å²) in [5.74, 6) is 0. The molecule has 0 spiro atoms. The van der Waals surface area contributed by atoms with Crippen molar-refractivity contribution >= 4 is 0 Å². The van der Waals surface area contributed by atoms with Crippen LogP contribution in [0.2, 0.25) is 0 Å². The second-order valence-electron chi connectivity index (χ2n) is 4.78. The summed E-state index contributed by atoms with van der Waals surface area (Å²) in [5, 5.41) is 11.4. The number of nitrogens with one attached hydrogen (secondary N) is 1. The van der Waals surface area contributed by atoms with E-state index in [1.807, 2.05) is 10.9 Å². The summed E-state index contributed by atoms with van der Waals surface area (Å²) in [6.45, 7) is 8.43. The average molecular weight is 268 g/mol. The van der Waals surface area contributed by atoms with E-state index in [9.17, 15) is 0 Å². The highest BCUT2D eigenvalue weighted by Gasteiger charge is 1.99. The molecule has 0 unspecified atom stereocenters. The molecule has 0 aliphatic carbocycles. The maximum atomic E-state index is 5.60. The van der Waals surface area contributed by atoms with Crippen LogP contribution in [-0.2, 0) is 17.8 Å². The van der Waals surface area contributed by atoms with Crippen molar-refractivity contribution in [1.29, 1.82) is 0 Å². The smallest absolute Gasteiger partial charge is 0.0964 e. The Morgan fingerprint density at radius 3 is 2.79 bits per heavy atom. The van der Waals surface area contributed by atoms with Crippen molar-refractivity contribution in [3.05, 3.63) is 11.9 Å². The average Bonchev–Trinajstić information content (AvgIpc) is 2.87. The summed E-state index contributed by atoms with van der Waals surface area (Å²) < 4.78 is 7.45. The molecule has 0 bridgehead atoms. The van der Waals surface area contributed by atoms with Crippen molar-refractivity contribution in [3.8, 4) is 0 Å². The van der Waals surface area contributed by atoms with Crippen LogP contribution in [0.25, 0.3) is 0 Å². The summed E-state index contributed by atoms with van der Waals surface area (Å²) in [6.07, 6.45) is 8.40. The second-order valence-corrected chi connectivity index (χ2v) is 4.78. The Balaban J connectivity index is 1.98. The zero-order valence-electron chi connectivity index (χ0n) is 12.4. The number of rotatable bonds is 12. The molecule has 0 aliphatic heterocycles. The van der Waals surface area contributed by atoms with Crippen LogP contribution in [0.3, 0.4) is 0 Å². The normalized spacial score (nSPS) is 11.1. The lowest BCUT2D eigenvalue weighted by atomic mass is 10.2.